The first-order chi connectivity index (χ1) is 4.55. The molecule has 0 bridgehead atoms. The molecule has 0 heterocycles. The Morgan fingerprint density at radius 1 is 1.20 bits per heavy atom. The third kappa shape index (κ3) is 1.91. The molecule has 1 saturated carbocycles. The van der Waals surface area contributed by atoms with E-state index in [0.717, 1.165) is 17.8 Å². The summed E-state index contributed by atoms with van der Waals surface area (Å²) in [6.45, 7) is 4.63. The molecule has 1 aliphatic rings. The Morgan fingerprint density at radius 2 is 1.60 bits per heavy atom. The van der Waals surface area contributed by atoms with Gasteiger partial charge in [-0.1, -0.05) is 59.0 Å². The van der Waals surface area contributed by atoms with Crippen molar-refractivity contribution in [1.29, 1.82) is 0 Å². The van der Waals surface area contributed by atoms with E-state index >= 15 is 0 Å². The lowest BCUT2D eigenvalue weighted by molar-refractivity contribution is 0.742. The molecule has 0 saturated heterocycles. The molecule has 1 rings (SSSR count). The minimum absolute atomic E-state index is 0.301. The van der Waals surface area contributed by atoms with Gasteiger partial charge in [-0.2, -0.15) is 0 Å². The first-order valence-electron chi connectivity index (χ1n) is 3.48. The average Bonchev–Trinajstić information content (AvgIpc) is 2.40. The Labute approximate surface area is 94.8 Å². The zero-order chi connectivity index (χ0) is 7.89. The van der Waals surface area contributed by atoms with Gasteiger partial charge in [0.15, 0.2) is 0 Å². The molecular formula is C7H11ClI2. The van der Waals surface area contributed by atoms with Gasteiger partial charge in [0, 0.05) is 3.92 Å². The van der Waals surface area contributed by atoms with Gasteiger partial charge in [-0.15, -0.1) is 11.6 Å². The molecule has 0 aromatic heterocycles. The van der Waals surface area contributed by atoms with E-state index in [9.17, 15) is 0 Å². The van der Waals surface area contributed by atoms with Crippen molar-refractivity contribution in [3.8, 4) is 0 Å². The summed E-state index contributed by atoms with van der Waals surface area (Å²) in [5, 5.41) is 0. The minimum Gasteiger partial charge on any atom is -0.110 e. The molecule has 1 fully saturated rings. The van der Waals surface area contributed by atoms with Crippen LogP contribution in [0.3, 0.4) is 0 Å². The van der Waals surface area contributed by atoms with Crippen LogP contribution in [0.4, 0.5) is 0 Å². The van der Waals surface area contributed by atoms with Gasteiger partial charge in [0.1, 0.15) is 0 Å². The largest absolute Gasteiger partial charge is 0.110 e. The summed E-state index contributed by atoms with van der Waals surface area (Å²) < 4.78 is 0.959. The fourth-order valence-corrected chi connectivity index (χ4v) is 3.41. The molecule has 0 spiro atoms. The molecule has 0 aliphatic heterocycles. The van der Waals surface area contributed by atoms with Gasteiger partial charge in [0.2, 0.25) is 0 Å². The molecule has 3 heteroatoms. The molecule has 10 heavy (non-hydrogen) atoms. The van der Waals surface area contributed by atoms with E-state index in [0.29, 0.717) is 7.31 Å². The average molecular weight is 384 g/mol. The standard InChI is InChI=1S/C7H11ClI2/c1-3-4(2)5(3)6(9)7(8)10/h3-7H,1-2H3. The second kappa shape index (κ2) is 3.64. The van der Waals surface area contributed by atoms with Crippen molar-refractivity contribution in [2.75, 3.05) is 0 Å². The summed E-state index contributed by atoms with van der Waals surface area (Å²) >= 11 is 10.7. The van der Waals surface area contributed by atoms with Crippen molar-refractivity contribution in [2.45, 2.75) is 21.2 Å². The fourth-order valence-electron chi connectivity index (χ4n) is 1.45. The van der Waals surface area contributed by atoms with Gasteiger partial charge in [0.25, 0.3) is 0 Å². The smallest absolute Gasteiger partial charge is 0.0970 e. The van der Waals surface area contributed by atoms with Crippen molar-refractivity contribution < 1.29 is 0 Å². The maximum Gasteiger partial charge on any atom is 0.0970 e. The van der Waals surface area contributed by atoms with Gasteiger partial charge in [0.05, 0.1) is 3.38 Å². The summed E-state index contributed by atoms with van der Waals surface area (Å²) in [5.41, 5.74) is 0. The maximum absolute atomic E-state index is 5.97. The molecule has 4 unspecified atom stereocenters. The summed E-state index contributed by atoms with van der Waals surface area (Å²) in [4.78, 5) is 0. The van der Waals surface area contributed by atoms with Crippen LogP contribution in [-0.2, 0) is 0 Å². The van der Waals surface area contributed by atoms with E-state index in [1.165, 1.54) is 0 Å². The van der Waals surface area contributed by atoms with Gasteiger partial charge >= 0.3 is 0 Å². The number of alkyl halides is 3. The van der Waals surface area contributed by atoms with Crippen LogP contribution in [0.25, 0.3) is 0 Å². The second-order valence-corrected chi connectivity index (χ2v) is 7.06. The predicted octanol–water partition coefficient (Wildman–Crippen LogP) is 3.69. The fraction of sp³-hybridized carbons (Fsp3) is 1.00. The molecule has 0 amide bonds. The third-order valence-corrected chi connectivity index (χ3v) is 6.91. The number of halogens is 3. The van der Waals surface area contributed by atoms with Gasteiger partial charge in [-0.25, -0.2) is 0 Å². The Morgan fingerprint density at radius 3 is 1.70 bits per heavy atom. The SMILES string of the molecule is CC1C(C)C1C(I)C(Cl)I. The first kappa shape index (κ1) is 9.84. The maximum atomic E-state index is 5.97. The van der Waals surface area contributed by atoms with Crippen LogP contribution in [0.1, 0.15) is 13.8 Å². The van der Waals surface area contributed by atoms with Crippen molar-refractivity contribution in [3.05, 3.63) is 0 Å². The molecule has 0 N–H and O–H groups in total. The summed E-state index contributed by atoms with van der Waals surface area (Å²) in [6.07, 6.45) is 0. The van der Waals surface area contributed by atoms with E-state index < -0.39 is 0 Å². The molecule has 4 atom stereocenters. The zero-order valence-corrected chi connectivity index (χ0v) is 11.1. The minimum atomic E-state index is 0.301. The van der Waals surface area contributed by atoms with E-state index in [1.54, 1.807) is 0 Å². The number of hydrogen-bond donors (Lipinski definition) is 0. The monoisotopic (exact) mass is 384 g/mol. The lowest BCUT2D eigenvalue weighted by Gasteiger charge is -2.08. The van der Waals surface area contributed by atoms with Crippen LogP contribution in [0, 0.1) is 17.8 Å². The molecular weight excluding hydrogens is 373 g/mol. The normalized spacial score (nSPS) is 44.7. The highest BCUT2D eigenvalue weighted by Crippen LogP contribution is 2.52. The van der Waals surface area contributed by atoms with E-state index in [4.69, 9.17) is 11.6 Å². The lowest BCUT2D eigenvalue weighted by atomic mass is 10.2. The van der Waals surface area contributed by atoms with Crippen LogP contribution in [0.2, 0.25) is 0 Å². The van der Waals surface area contributed by atoms with Crippen LogP contribution in [0.5, 0.6) is 0 Å². The Balaban J connectivity index is 2.38. The number of hydrogen-bond acceptors (Lipinski definition) is 0. The van der Waals surface area contributed by atoms with Crippen LogP contribution < -0.4 is 0 Å². The predicted molar refractivity (Wildman–Crippen MR) is 63.3 cm³/mol. The van der Waals surface area contributed by atoms with Crippen LogP contribution in [-0.4, -0.2) is 7.31 Å². The lowest BCUT2D eigenvalue weighted by Crippen LogP contribution is -2.10. The van der Waals surface area contributed by atoms with Gasteiger partial charge < -0.3 is 0 Å². The summed E-state index contributed by atoms with van der Waals surface area (Å²) in [5.74, 6) is 2.68. The quantitative estimate of drug-likeness (QED) is 0.503. The zero-order valence-electron chi connectivity index (χ0n) is 6.02. The Kier molecular flexibility index (Phi) is 3.58. The molecule has 0 aromatic carbocycles. The Hall–Kier alpha value is 1.75. The summed E-state index contributed by atoms with van der Waals surface area (Å²) in [7, 11) is 0. The van der Waals surface area contributed by atoms with E-state index in [1.807, 2.05) is 0 Å². The van der Waals surface area contributed by atoms with Gasteiger partial charge in [-0.3, -0.25) is 0 Å². The van der Waals surface area contributed by atoms with Crippen LogP contribution in [0.15, 0.2) is 0 Å². The van der Waals surface area contributed by atoms with Crippen molar-refractivity contribution in [3.63, 3.8) is 0 Å². The third-order valence-electron chi connectivity index (χ3n) is 2.51. The molecule has 60 valence electrons. The van der Waals surface area contributed by atoms with Crippen molar-refractivity contribution >= 4 is 56.8 Å². The van der Waals surface area contributed by atoms with Crippen LogP contribution >= 0.6 is 56.8 Å². The highest BCUT2D eigenvalue weighted by atomic mass is 127. The molecule has 1 aliphatic carbocycles. The number of rotatable bonds is 2. The summed E-state index contributed by atoms with van der Waals surface area (Å²) in [6, 6.07) is 0. The molecule has 0 nitrogen and oxygen atoms in total. The van der Waals surface area contributed by atoms with E-state index in [-0.39, 0.29) is 0 Å². The van der Waals surface area contributed by atoms with E-state index in [2.05, 4.69) is 59.0 Å². The van der Waals surface area contributed by atoms with Crippen molar-refractivity contribution in [2.24, 2.45) is 17.8 Å². The molecule has 0 aromatic rings. The Bertz CT molecular complexity index is 112. The molecule has 0 radical (unpaired) electrons. The van der Waals surface area contributed by atoms with Gasteiger partial charge in [-0.05, 0) is 17.8 Å². The highest BCUT2D eigenvalue weighted by Gasteiger charge is 2.48. The second-order valence-electron chi connectivity index (χ2n) is 3.07. The first-order valence-corrected chi connectivity index (χ1v) is 6.40. The van der Waals surface area contributed by atoms with Crippen molar-refractivity contribution in [1.82, 2.24) is 0 Å². The topological polar surface area (TPSA) is 0 Å². The highest BCUT2D eigenvalue weighted by molar-refractivity contribution is 14.1.